The zero-order valence-electron chi connectivity index (χ0n) is 17.5. The predicted molar refractivity (Wildman–Crippen MR) is 112 cm³/mol. The van der Waals surface area contributed by atoms with Crippen molar-refractivity contribution in [3.63, 3.8) is 0 Å². The number of fused-ring (bicyclic) bond motifs is 1. The second kappa shape index (κ2) is 9.73. The summed E-state index contributed by atoms with van der Waals surface area (Å²) in [6.07, 6.45) is 0. The van der Waals surface area contributed by atoms with Crippen molar-refractivity contribution in [1.29, 1.82) is 0 Å². The Morgan fingerprint density at radius 1 is 0.969 bits per heavy atom. The third kappa shape index (κ3) is 5.09. The third-order valence-corrected chi connectivity index (χ3v) is 4.60. The molecular weight excluding hydrogens is 418 g/mol. The van der Waals surface area contributed by atoms with Gasteiger partial charge in [0.15, 0.2) is 6.61 Å². The van der Waals surface area contributed by atoms with Gasteiger partial charge in [0, 0.05) is 0 Å². The summed E-state index contributed by atoms with van der Waals surface area (Å²) in [4.78, 5) is 61.2. The normalized spacial score (nSPS) is 12.2. The van der Waals surface area contributed by atoms with E-state index in [4.69, 9.17) is 9.47 Å². The van der Waals surface area contributed by atoms with E-state index < -0.39 is 42.7 Å². The van der Waals surface area contributed by atoms with E-state index in [2.05, 4.69) is 10.6 Å². The Kier molecular flexibility index (Phi) is 6.83. The van der Waals surface area contributed by atoms with Gasteiger partial charge in [0.1, 0.15) is 12.3 Å². The van der Waals surface area contributed by atoms with Crippen molar-refractivity contribution in [3.05, 3.63) is 59.2 Å². The fraction of sp³-hybridized carbons (Fsp3) is 0.227. The number of rotatable bonds is 8. The summed E-state index contributed by atoms with van der Waals surface area (Å²) in [5.74, 6) is -2.88. The Labute approximate surface area is 183 Å². The summed E-state index contributed by atoms with van der Waals surface area (Å²) in [7, 11) is 1.47. The van der Waals surface area contributed by atoms with E-state index >= 15 is 0 Å². The second-order valence-electron chi connectivity index (χ2n) is 6.93. The molecule has 0 atom stereocenters. The van der Waals surface area contributed by atoms with Gasteiger partial charge in [-0.25, -0.2) is 0 Å². The molecule has 0 saturated heterocycles. The molecule has 0 saturated carbocycles. The summed E-state index contributed by atoms with van der Waals surface area (Å²) < 4.78 is 9.99. The van der Waals surface area contributed by atoms with Crippen LogP contribution in [0.25, 0.3) is 0 Å². The number of carbonyl (C=O) groups is 5. The number of hydrogen-bond acceptors (Lipinski definition) is 7. The molecule has 1 heterocycles. The fourth-order valence-corrected chi connectivity index (χ4v) is 3.05. The lowest BCUT2D eigenvalue weighted by Gasteiger charge is -2.13. The number of ether oxygens (including phenoxy) is 2. The quantitative estimate of drug-likeness (QED) is 0.461. The molecule has 2 aromatic rings. The van der Waals surface area contributed by atoms with Crippen molar-refractivity contribution in [3.8, 4) is 5.75 Å². The van der Waals surface area contributed by atoms with Gasteiger partial charge in [-0.1, -0.05) is 18.2 Å². The lowest BCUT2D eigenvalue weighted by atomic mass is 10.1. The highest BCUT2D eigenvalue weighted by atomic mass is 16.5. The van der Waals surface area contributed by atoms with Gasteiger partial charge in [-0.05, 0) is 36.8 Å². The SMILES string of the molecule is COc1ccc(C)cc1NC(=O)CNC(=O)COC(=O)CN1C(=O)c2ccccc2C1=O. The molecule has 1 aliphatic heterocycles. The van der Waals surface area contributed by atoms with Crippen LogP contribution in [-0.2, 0) is 19.1 Å². The van der Waals surface area contributed by atoms with Crippen LogP contribution in [0.2, 0.25) is 0 Å². The standard InChI is InChI=1S/C22H21N3O7/c1-13-7-8-17(31-2)16(9-13)24-18(26)10-23-19(27)12-32-20(28)11-25-21(29)14-5-3-4-6-15(14)22(25)30/h3-9H,10-12H2,1-2H3,(H,23,27)(H,24,26). The summed E-state index contributed by atoms with van der Waals surface area (Å²) >= 11 is 0. The van der Waals surface area contributed by atoms with Gasteiger partial charge in [0.2, 0.25) is 5.91 Å². The van der Waals surface area contributed by atoms with Gasteiger partial charge in [-0.3, -0.25) is 28.9 Å². The van der Waals surface area contributed by atoms with Crippen LogP contribution < -0.4 is 15.4 Å². The lowest BCUT2D eigenvalue weighted by Crippen LogP contribution is -2.38. The molecule has 4 amide bonds. The average Bonchev–Trinajstić information content (AvgIpc) is 3.01. The van der Waals surface area contributed by atoms with Gasteiger partial charge < -0.3 is 20.1 Å². The predicted octanol–water partition coefficient (Wildman–Crippen LogP) is 0.898. The first-order chi connectivity index (χ1) is 15.3. The lowest BCUT2D eigenvalue weighted by molar-refractivity contribution is -0.148. The highest BCUT2D eigenvalue weighted by Crippen LogP contribution is 2.25. The van der Waals surface area contributed by atoms with Crippen molar-refractivity contribution < 1.29 is 33.4 Å². The topological polar surface area (TPSA) is 131 Å². The van der Waals surface area contributed by atoms with Gasteiger partial charge >= 0.3 is 5.97 Å². The highest BCUT2D eigenvalue weighted by molar-refractivity contribution is 6.22. The monoisotopic (exact) mass is 439 g/mol. The average molecular weight is 439 g/mol. The zero-order chi connectivity index (χ0) is 23.3. The number of aryl methyl sites for hydroxylation is 1. The third-order valence-electron chi connectivity index (χ3n) is 4.60. The number of imide groups is 1. The van der Waals surface area contributed by atoms with Crippen molar-refractivity contribution >= 4 is 35.3 Å². The number of amides is 4. The van der Waals surface area contributed by atoms with Crippen molar-refractivity contribution in [2.45, 2.75) is 6.92 Å². The molecule has 3 rings (SSSR count). The maximum atomic E-state index is 12.2. The summed E-state index contributed by atoms with van der Waals surface area (Å²) in [6, 6.07) is 11.5. The molecule has 0 aliphatic carbocycles. The van der Waals surface area contributed by atoms with Gasteiger partial charge in [0.25, 0.3) is 17.7 Å². The maximum Gasteiger partial charge on any atom is 0.326 e. The Balaban J connectivity index is 1.43. The van der Waals surface area contributed by atoms with Crippen LogP contribution in [-0.4, -0.2) is 61.3 Å². The Morgan fingerprint density at radius 2 is 1.62 bits per heavy atom. The molecule has 10 nitrogen and oxygen atoms in total. The Bertz CT molecular complexity index is 1060. The molecule has 0 bridgehead atoms. The molecule has 0 spiro atoms. The molecule has 0 radical (unpaired) electrons. The molecule has 0 unspecified atom stereocenters. The van der Waals surface area contributed by atoms with Crippen LogP contribution in [0, 0.1) is 6.92 Å². The maximum absolute atomic E-state index is 12.2. The molecular formula is C22H21N3O7. The number of methoxy groups -OCH3 is 1. The first kappa shape index (κ1) is 22.5. The van der Waals surface area contributed by atoms with E-state index in [-0.39, 0.29) is 17.7 Å². The number of esters is 1. The van der Waals surface area contributed by atoms with Crippen LogP contribution in [0.1, 0.15) is 26.3 Å². The van der Waals surface area contributed by atoms with E-state index in [0.717, 1.165) is 10.5 Å². The van der Waals surface area contributed by atoms with Crippen LogP contribution in [0.4, 0.5) is 5.69 Å². The summed E-state index contributed by atoms with van der Waals surface area (Å²) in [6.45, 7) is 0.218. The van der Waals surface area contributed by atoms with E-state index in [9.17, 15) is 24.0 Å². The van der Waals surface area contributed by atoms with Crippen molar-refractivity contribution in [1.82, 2.24) is 10.2 Å². The number of benzene rings is 2. The molecule has 32 heavy (non-hydrogen) atoms. The largest absolute Gasteiger partial charge is 0.495 e. The molecule has 1 aliphatic rings. The number of carbonyl (C=O) groups excluding carboxylic acids is 5. The summed E-state index contributed by atoms with van der Waals surface area (Å²) in [5, 5.41) is 4.94. The smallest absolute Gasteiger partial charge is 0.326 e. The molecule has 0 fully saturated rings. The minimum absolute atomic E-state index is 0.208. The molecule has 10 heteroatoms. The van der Waals surface area contributed by atoms with Crippen LogP contribution in [0.3, 0.4) is 0 Å². The van der Waals surface area contributed by atoms with Gasteiger partial charge in [-0.2, -0.15) is 0 Å². The van der Waals surface area contributed by atoms with Crippen molar-refractivity contribution in [2.24, 2.45) is 0 Å². The van der Waals surface area contributed by atoms with Crippen LogP contribution in [0.15, 0.2) is 42.5 Å². The van der Waals surface area contributed by atoms with E-state index in [0.29, 0.717) is 11.4 Å². The molecule has 2 N–H and O–H groups in total. The number of anilines is 1. The van der Waals surface area contributed by atoms with E-state index in [1.807, 2.05) is 13.0 Å². The van der Waals surface area contributed by atoms with E-state index in [1.165, 1.54) is 19.2 Å². The van der Waals surface area contributed by atoms with Gasteiger partial charge in [-0.15, -0.1) is 0 Å². The number of nitrogens with zero attached hydrogens (tertiary/aromatic N) is 1. The fourth-order valence-electron chi connectivity index (χ4n) is 3.05. The molecule has 0 aromatic heterocycles. The zero-order valence-corrected chi connectivity index (χ0v) is 17.5. The second-order valence-corrected chi connectivity index (χ2v) is 6.93. The first-order valence-corrected chi connectivity index (χ1v) is 9.62. The van der Waals surface area contributed by atoms with Crippen molar-refractivity contribution in [2.75, 3.05) is 32.1 Å². The molecule has 166 valence electrons. The van der Waals surface area contributed by atoms with Crippen LogP contribution >= 0.6 is 0 Å². The minimum Gasteiger partial charge on any atom is -0.495 e. The molecule has 2 aromatic carbocycles. The highest BCUT2D eigenvalue weighted by Gasteiger charge is 2.36. The Morgan fingerprint density at radius 3 is 2.25 bits per heavy atom. The Hall–Kier alpha value is -4.21. The van der Waals surface area contributed by atoms with Gasteiger partial charge in [0.05, 0.1) is 30.5 Å². The minimum atomic E-state index is -0.927. The first-order valence-electron chi connectivity index (χ1n) is 9.62. The van der Waals surface area contributed by atoms with Crippen LogP contribution in [0.5, 0.6) is 5.75 Å². The number of nitrogens with one attached hydrogen (secondary N) is 2. The van der Waals surface area contributed by atoms with E-state index in [1.54, 1.807) is 24.3 Å². The number of hydrogen-bond donors (Lipinski definition) is 2. The summed E-state index contributed by atoms with van der Waals surface area (Å²) in [5.41, 5.74) is 1.79.